The Bertz CT molecular complexity index is 4310. The van der Waals surface area contributed by atoms with Crippen molar-refractivity contribution in [2.75, 3.05) is 54.9 Å². The third kappa shape index (κ3) is 40.0. The number of aliphatic hydroxyl groups excluding tert-OH is 2. The highest BCUT2D eigenvalue weighted by atomic mass is 79.9. The lowest BCUT2D eigenvalue weighted by Gasteiger charge is -2.17. The highest BCUT2D eigenvalue weighted by Crippen LogP contribution is 2.33. The number of aldehydes is 1. The summed E-state index contributed by atoms with van der Waals surface area (Å²) in [6, 6.07) is 53.9. The molecule has 6 N–H and O–H groups in total. The van der Waals surface area contributed by atoms with Gasteiger partial charge in [-0.05, 0) is 202 Å². The molecule has 9 aromatic carbocycles. The number of ether oxygens (including phenoxy) is 9. The largest absolute Gasteiger partial charge is 0.508 e. The van der Waals surface area contributed by atoms with Gasteiger partial charge in [0.1, 0.15) is 64.6 Å². The van der Waals surface area contributed by atoms with Gasteiger partial charge in [-0.25, -0.2) is 0 Å². The first kappa shape index (κ1) is 100. The Morgan fingerprint density at radius 1 is 0.442 bits per heavy atom. The molecular weight excluding hydrogens is 1960 g/mol. The van der Waals surface area contributed by atoms with Gasteiger partial charge in [0.05, 0.1) is 66.6 Å². The van der Waals surface area contributed by atoms with Gasteiger partial charge in [-0.1, -0.05) is 225 Å². The Balaban J connectivity index is 0.000000332. The summed E-state index contributed by atoms with van der Waals surface area (Å²) in [6.07, 6.45) is 13.9. The summed E-state index contributed by atoms with van der Waals surface area (Å²) in [5.74, 6) is 4.35. The number of allylic oxidation sites excluding steroid dienone is 4. The molecule has 113 heavy (non-hydrogen) atoms. The second-order valence-electron chi connectivity index (χ2n) is 25.2. The molecule has 2 fully saturated rings. The number of phenolic OH excluding ortho intramolecular Hbond substituents is 4. The third-order valence-corrected chi connectivity index (χ3v) is 19.7. The number of carbonyl (C=O) groups excluding carboxylic acids is 1. The second kappa shape index (κ2) is 54.9. The monoisotopic (exact) mass is 2060 g/mol. The first-order valence-electron chi connectivity index (χ1n) is 35.1. The fourth-order valence-corrected chi connectivity index (χ4v) is 13.2. The summed E-state index contributed by atoms with van der Waals surface area (Å²) in [5, 5.41) is 54.8. The summed E-state index contributed by atoms with van der Waals surface area (Å²) < 4.78 is 56.5. The molecule has 0 saturated carbocycles. The minimum absolute atomic E-state index is 0.0241. The van der Waals surface area contributed by atoms with Crippen LogP contribution in [0, 0.1) is 0 Å². The molecule has 0 bridgehead atoms. The molecule has 608 valence electrons. The molecule has 0 aliphatic carbocycles. The maximum Gasteiger partial charge on any atom is 0.163 e. The summed E-state index contributed by atoms with van der Waals surface area (Å²) in [4.78, 5) is 10.7. The van der Waals surface area contributed by atoms with Crippen LogP contribution in [-0.4, -0.2) is 122 Å². The molecule has 2 saturated heterocycles. The number of carbonyl (C=O) groups is 1. The van der Waals surface area contributed by atoms with Gasteiger partial charge in [0, 0.05) is 66.2 Å². The van der Waals surface area contributed by atoms with Crippen LogP contribution in [0.15, 0.2) is 275 Å². The SMILES string of the molecule is C=CCOc1cccc(Br)c1.C=CCc1c(O)cccc1Br.C=CCc1ccc(Br)cc1O.C=CCc1ccc(Br)cc1O.C=CCc1ccc(Br)cc1OC.COc1cc(Br)ccc1CC(O)CO.COc1cc(Br)ccc1CC1COC(C)(C)O1.COc1cc(C=O)ccc1CC1COC(C)(C)O1.Oc1cccc(Br)c1. The minimum atomic E-state index is -0.731. The molecule has 3 atom stereocenters. The Morgan fingerprint density at radius 2 is 0.832 bits per heavy atom. The second-order valence-corrected chi connectivity index (χ2v) is 32.5. The smallest absolute Gasteiger partial charge is 0.163 e. The van der Waals surface area contributed by atoms with Crippen LogP contribution in [-0.2, 0) is 63.9 Å². The molecule has 2 aliphatic heterocycles. The number of halogens is 8. The molecule has 0 radical (unpaired) electrons. The molecule has 2 aliphatic rings. The van der Waals surface area contributed by atoms with Crippen molar-refractivity contribution in [3.8, 4) is 51.7 Å². The average molecular weight is 2060 g/mol. The lowest BCUT2D eigenvalue weighted by molar-refractivity contribution is -0.138. The van der Waals surface area contributed by atoms with Gasteiger partial charge in [0.25, 0.3) is 0 Å². The van der Waals surface area contributed by atoms with Gasteiger partial charge in [0.15, 0.2) is 11.6 Å². The Labute approximate surface area is 733 Å². The van der Waals surface area contributed by atoms with E-state index in [1.54, 1.807) is 107 Å². The van der Waals surface area contributed by atoms with E-state index in [-0.39, 0.29) is 18.8 Å². The Kier molecular flexibility index (Phi) is 48.7. The van der Waals surface area contributed by atoms with Crippen molar-refractivity contribution < 1.29 is 78.1 Å². The zero-order valence-electron chi connectivity index (χ0n) is 64.5. The number of hydrogen-bond donors (Lipinski definition) is 6. The third-order valence-electron chi connectivity index (χ3n) is 15.5. The van der Waals surface area contributed by atoms with Crippen molar-refractivity contribution in [1.29, 1.82) is 0 Å². The van der Waals surface area contributed by atoms with E-state index in [4.69, 9.17) is 52.8 Å². The number of aliphatic hydroxyl groups is 2. The standard InChI is InChI=1S/C14H18O4.C13H17BrO3.C10H13BrO3.C10H11BrO.4C9H9BrO.C6H5BrO/c1-14(2)17-9-12(18-14)7-11-5-4-10(8-15)6-13(11)16-3;1-13(2)16-8-11(17-13)6-9-4-5-10(14)7-12(9)15-3;1-14-10-5-8(11)3-2-7(10)4-9(13)6-12;1-3-4-8-5-6-9(11)7-10(8)12-2;1-2-6-11-9-5-3-4-8(10)7-9;1-2-4-7-8(10)5-3-6-9(7)11;2*1-2-3-7-4-5-8(10)6-9(7)11;7-5-2-1-3-6(8)4-5/h4-6,8,12H,7,9H2,1-3H3;4-5,7,11H,6,8H2,1-3H3;2-3,5,9,12-13H,4,6H2,1H3;3,5-7H,1,4H2,2H3;2-5,7H,1,6H2;2-3,5-6,11H,1,4H2;2*2,4-6,11H,1,3H2;1-4,8H. The van der Waals surface area contributed by atoms with Crippen LogP contribution in [0.4, 0.5) is 0 Å². The minimum Gasteiger partial charge on any atom is -0.508 e. The highest BCUT2D eigenvalue weighted by Gasteiger charge is 2.34. The number of hydrogen-bond acceptors (Lipinski definition) is 16. The number of phenols is 4. The first-order chi connectivity index (χ1) is 53.8. The Morgan fingerprint density at radius 3 is 1.22 bits per heavy atom. The van der Waals surface area contributed by atoms with Gasteiger partial charge in [-0.15, -0.1) is 26.3 Å². The van der Waals surface area contributed by atoms with Crippen LogP contribution < -0.4 is 23.7 Å². The van der Waals surface area contributed by atoms with E-state index < -0.39 is 17.7 Å². The van der Waals surface area contributed by atoms with Gasteiger partial charge in [0.2, 0.25) is 0 Å². The van der Waals surface area contributed by atoms with Crippen LogP contribution in [0.1, 0.15) is 77.0 Å². The van der Waals surface area contributed by atoms with Crippen molar-refractivity contribution in [2.45, 2.75) is 103 Å². The lowest BCUT2D eigenvalue weighted by atomic mass is 10.0. The van der Waals surface area contributed by atoms with E-state index in [2.05, 4.69) is 166 Å². The highest BCUT2D eigenvalue weighted by molar-refractivity contribution is 9.11. The average Bonchev–Trinajstić information content (AvgIpc) is 1.75. The molecule has 2 heterocycles. The molecule has 0 spiro atoms. The zero-order chi connectivity index (χ0) is 84.1. The molecule has 24 heteroatoms. The molecule has 11 rings (SSSR count). The fraction of sp³-hybridized carbons (Fsp3) is 0.270. The van der Waals surface area contributed by atoms with E-state index in [0.717, 1.165) is 111 Å². The van der Waals surface area contributed by atoms with Crippen molar-refractivity contribution in [1.82, 2.24) is 0 Å². The molecule has 0 amide bonds. The van der Waals surface area contributed by atoms with Crippen LogP contribution in [0.25, 0.3) is 0 Å². The number of rotatable bonds is 23. The maximum atomic E-state index is 10.7. The van der Waals surface area contributed by atoms with Gasteiger partial charge in [-0.3, -0.25) is 4.79 Å². The zero-order valence-corrected chi connectivity index (χ0v) is 77.2. The molecule has 3 unspecified atom stereocenters. The summed E-state index contributed by atoms with van der Waals surface area (Å²) in [5.41, 5.74) is 7.53. The van der Waals surface area contributed by atoms with Crippen molar-refractivity contribution in [2.24, 2.45) is 0 Å². The van der Waals surface area contributed by atoms with Gasteiger partial charge in [-0.2, -0.15) is 0 Å². The van der Waals surface area contributed by atoms with Crippen molar-refractivity contribution in [3.63, 3.8) is 0 Å². The van der Waals surface area contributed by atoms with E-state index >= 15 is 0 Å². The first-order valence-corrected chi connectivity index (χ1v) is 41.5. The van der Waals surface area contributed by atoms with Gasteiger partial charge < -0.3 is 73.3 Å². The molecule has 0 aromatic heterocycles. The van der Waals surface area contributed by atoms with E-state index in [9.17, 15) is 25.2 Å². The maximum absolute atomic E-state index is 10.7. The fourth-order valence-electron chi connectivity index (χ4n) is 10.2. The van der Waals surface area contributed by atoms with Gasteiger partial charge >= 0.3 is 0 Å². The van der Waals surface area contributed by atoms with Crippen LogP contribution in [0.2, 0.25) is 0 Å². The topological polar surface area (TPSA) is 222 Å². The molecular formula is C89H100Br8O16. The quantitative estimate of drug-likeness (QED) is 0.0259. The Hall–Kier alpha value is -6.85. The van der Waals surface area contributed by atoms with Crippen LogP contribution >= 0.6 is 127 Å². The molecule has 16 nitrogen and oxygen atoms in total. The number of benzene rings is 9. The van der Waals surface area contributed by atoms with E-state index in [0.29, 0.717) is 92.0 Å². The number of methoxy groups -OCH3 is 4. The summed E-state index contributed by atoms with van der Waals surface area (Å²) in [6.45, 7) is 27.2. The predicted molar refractivity (Wildman–Crippen MR) is 483 cm³/mol. The van der Waals surface area contributed by atoms with E-state index in [1.807, 2.05) is 149 Å². The molecule has 9 aromatic rings. The summed E-state index contributed by atoms with van der Waals surface area (Å²) >= 11 is 26.6. The van der Waals surface area contributed by atoms with Crippen molar-refractivity contribution >= 4 is 134 Å². The van der Waals surface area contributed by atoms with E-state index in [1.165, 1.54) is 0 Å². The lowest BCUT2D eigenvalue weighted by Crippen LogP contribution is -2.22. The predicted octanol–water partition coefficient (Wildman–Crippen LogP) is 23.7. The van der Waals surface area contributed by atoms with Crippen LogP contribution in [0.5, 0.6) is 51.7 Å². The number of aromatic hydroxyl groups is 4. The van der Waals surface area contributed by atoms with Crippen LogP contribution in [0.3, 0.4) is 0 Å². The normalized spacial score (nSPS) is 13.8. The van der Waals surface area contributed by atoms with Crippen molar-refractivity contribution in [3.05, 3.63) is 319 Å². The summed E-state index contributed by atoms with van der Waals surface area (Å²) in [7, 11) is 6.54.